The summed E-state index contributed by atoms with van der Waals surface area (Å²) in [5, 5.41) is 12.1. The van der Waals surface area contributed by atoms with Gasteiger partial charge in [-0.3, -0.25) is 4.79 Å². The first-order chi connectivity index (χ1) is 18.6. The number of hydrogen-bond acceptors (Lipinski definition) is 5. The van der Waals surface area contributed by atoms with Crippen LogP contribution < -0.4 is 15.5 Å². The smallest absolute Gasteiger partial charge is 0.252 e. The molecule has 0 aliphatic heterocycles. The van der Waals surface area contributed by atoms with E-state index >= 15 is 0 Å². The molecule has 0 spiro atoms. The van der Waals surface area contributed by atoms with E-state index in [1.807, 2.05) is 73.6 Å². The molecule has 0 unspecified atom stereocenters. The maximum Gasteiger partial charge on any atom is 0.252 e. The van der Waals surface area contributed by atoms with Gasteiger partial charge in [-0.05, 0) is 71.3 Å². The van der Waals surface area contributed by atoms with Gasteiger partial charge in [-0.1, -0.05) is 60.7 Å². The van der Waals surface area contributed by atoms with Crippen LogP contribution in [0.1, 0.15) is 36.0 Å². The molecular weight excluding hydrogens is 470 g/mol. The number of anilines is 2. The van der Waals surface area contributed by atoms with Crippen molar-refractivity contribution in [2.24, 2.45) is 5.92 Å². The van der Waals surface area contributed by atoms with Crippen LogP contribution in [0.25, 0.3) is 32.4 Å². The lowest BCUT2D eigenvalue weighted by atomic mass is 9.86. The molecule has 1 fully saturated rings. The van der Waals surface area contributed by atoms with Gasteiger partial charge in [-0.25, -0.2) is 4.98 Å². The quantitative estimate of drug-likeness (QED) is 0.262. The summed E-state index contributed by atoms with van der Waals surface area (Å²) in [4.78, 5) is 25.1. The highest BCUT2D eigenvalue weighted by atomic mass is 16.1. The van der Waals surface area contributed by atoms with Gasteiger partial charge in [-0.15, -0.1) is 0 Å². The SMILES string of the molecule is CN(C)c1nc(N[C@H]2CC[C@@H](CNC(=O)c3c4ccccc4cc4ccccc34)CC2)nc2ccccc12. The van der Waals surface area contributed by atoms with Crippen molar-refractivity contribution in [3.8, 4) is 0 Å². The normalized spacial score (nSPS) is 17.5. The summed E-state index contributed by atoms with van der Waals surface area (Å²) in [5.74, 6) is 2.09. The molecule has 192 valence electrons. The van der Waals surface area contributed by atoms with Gasteiger partial charge in [0.15, 0.2) is 0 Å². The minimum atomic E-state index is 0.0130. The molecule has 0 atom stereocenters. The van der Waals surface area contributed by atoms with E-state index in [1.54, 1.807) is 0 Å². The highest BCUT2D eigenvalue weighted by Crippen LogP contribution is 2.30. The Kier molecular flexibility index (Phi) is 6.54. The Morgan fingerprint density at radius 2 is 1.42 bits per heavy atom. The zero-order chi connectivity index (χ0) is 26.1. The summed E-state index contributed by atoms with van der Waals surface area (Å²) in [6.45, 7) is 0.695. The van der Waals surface area contributed by atoms with E-state index in [0.717, 1.165) is 69.5 Å². The van der Waals surface area contributed by atoms with Gasteiger partial charge in [0.25, 0.3) is 5.91 Å². The predicted molar refractivity (Wildman–Crippen MR) is 157 cm³/mol. The maximum atomic E-state index is 13.5. The molecule has 6 nitrogen and oxygen atoms in total. The van der Waals surface area contributed by atoms with Crippen LogP contribution in [-0.2, 0) is 0 Å². The fourth-order valence-corrected chi connectivity index (χ4v) is 5.74. The summed E-state index contributed by atoms with van der Waals surface area (Å²) in [6, 6.07) is 26.9. The summed E-state index contributed by atoms with van der Waals surface area (Å²) in [6.07, 6.45) is 4.18. The first-order valence-corrected chi connectivity index (χ1v) is 13.5. The highest BCUT2D eigenvalue weighted by molar-refractivity contribution is 6.18. The molecule has 0 radical (unpaired) electrons. The summed E-state index contributed by atoms with van der Waals surface area (Å²) in [5.41, 5.74) is 1.73. The number of amides is 1. The molecule has 2 N–H and O–H groups in total. The molecule has 1 aromatic heterocycles. The average molecular weight is 504 g/mol. The predicted octanol–water partition coefficient (Wildman–Crippen LogP) is 6.40. The molecule has 6 rings (SSSR count). The van der Waals surface area contributed by atoms with Gasteiger partial charge >= 0.3 is 0 Å². The third-order valence-electron chi connectivity index (χ3n) is 7.74. The summed E-state index contributed by atoms with van der Waals surface area (Å²) >= 11 is 0. The minimum Gasteiger partial charge on any atom is -0.362 e. The topological polar surface area (TPSA) is 70.2 Å². The Morgan fingerprint density at radius 3 is 2.08 bits per heavy atom. The van der Waals surface area contributed by atoms with Crippen molar-refractivity contribution >= 4 is 50.1 Å². The van der Waals surface area contributed by atoms with Crippen LogP contribution in [0.3, 0.4) is 0 Å². The lowest BCUT2D eigenvalue weighted by molar-refractivity contribution is 0.0946. The molecule has 1 aliphatic carbocycles. The Labute approximate surface area is 223 Å². The molecule has 1 amide bonds. The van der Waals surface area contributed by atoms with Crippen LogP contribution in [-0.4, -0.2) is 42.6 Å². The number of para-hydroxylation sites is 1. The molecule has 6 heteroatoms. The summed E-state index contributed by atoms with van der Waals surface area (Å²) < 4.78 is 0. The first kappa shape index (κ1) is 24.2. The Balaban J connectivity index is 1.11. The lowest BCUT2D eigenvalue weighted by Gasteiger charge is -2.29. The minimum absolute atomic E-state index is 0.0130. The molecule has 4 aromatic carbocycles. The zero-order valence-electron chi connectivity index (χ0n) is 21.9. The largest absolute Gasteiger partial charge is 0.362 e. The van der Waals surface area contributed by atoms with Crippen LogP contribution >= 0.6 is 0 Å². The Bertz CT molecular complexity index is 1570. The number of aromatic nitrogens is 2. The number of hydrogen-bond donors (Lipinski definition) is 2. The van der Waals surface area contributed by atoms with E-state index in [4.69, 9.17) is 9.97 Å². The zero-order valence-corrected chi connectivity index (χ0v) is 21.9. The van der Waals surface area contributed by atoms with Gasteiger partial charge in [0.1, 0.15) is 5.82 Å². The van der Waals surface area contributed by atoms with Crippen molar-refractivity contribution in [1.82, 2.24) is 15.3 Å². The van der Waals surface area contributed by atoms with Gasteiger partial charge in [0.2, 0.25) is 5.95 Å². The van der Waals surface area contributed by atoms with E-state index in [1.165, 1.54) is 0 Å². The van der Waals surface area contributed by atoms with E-state index in [9.17, 15) is 4.79 Å². The monoisotopic (exact) mass is 503 g/mol. The van der Waals surface area contributed by atoms with E-state index < -0.39 is 0 Å². The molecular formula is C32H33N5O. The molecule has 5 aromatic rings. The molecule has 1 heterocycles. The number of rotatable bonds is 6. The standard InChI is InChI=1S/C32H33N5O/c1-37(2)30-27-13-7-8-14-28(27)35-32(36-30)34-24-17-15-21(16-18-24)20-33-31(38)29-25-11-5-3-9-22(25)19-23-10-4-6-12-26(23)29/h3-14,19,21,24H,15-18,20H2,1-2H3,(H,33,38)(H,34,35,36)/t21-,24+. The molecule has 38 heavy (non-hydrogen) atoms. The number of fused-ring (bicyclic) bond motifs is 3. The van der Waals surface area contributed by atoms with Crippen molar-refractivity contribution < 1.29 is 4.79 Å². The average Bonchev–Trinajstić information content (AvgIpc) is 2.95. The van der Waals surface area contributed by atoms with Crippen LogP contribution in [0.4, 0.5) is 11.8 Å². The molecule has 0 bridgehead atoms. The van der Waals surface area contributed by atoms with E-state index in [-0.39, 0.29) is 5.91 Å². The van der Waals surface area contributed by atoms with Crippen molar-refractivity contribution in [2.75, 3.05) is 30.9 Å². The maximum absolute atomic E-state index is 13.5. The number of benzene rings is 4. The second kappa shape index (κ2) is 10.3. The first-order valence-electron chi connectivity index (χ1n) is 13.5. The van der Waals surface area contributed by atoms with Crippen molar-refractivity contribution in [3.05, 3.63) is 84.4 Å². The number of carbonyl (C=O) groups is 1. The van der Waals surface area contributed by atoms with E-state index in [0.29, 0.717) is 24.5 Å². The second-order valence-corrected chi connectivity index (χ2v) is 10.5. The Hall–Kier alpha value is -4.19. The fraction of sp³-hybridized carbons (Fsp3) is 0.281. The van der Waals surface area contributed by atoms with Gasteiger partial charge in [0, 0.05) is 32.1 Å². The molecule has 1 saturated carbocycles. The van der Waals surface area contributed by atoms with Crippen LogP contribution in [0.2, 0.25) is 0 Å². The fourth-order valence-electron chi connectivity index (χ4n) is 5.74. The molecule has 1 aliphatic rings. The summed E-state index contributed by atoms with van der Waals surface area (Å²) in [7, 11) is 4.03. The molecule has 0 saturated heterocycles. The van der Waals surface area contributed by atoms with Crippen LogP contribution in [0.5, 0.6) is 0 Å². The number of carbonyl (C=O) groups excluding carboxylic acids is 1. The number of nitrogens with one attached hydrogen (secondary N) is 2. The third kappa shape index (κ3) is 4.74. The second-order valence-electron chi connectivity index (χ2n) is 10.5. The third-order valence-corrected chi connectivity index (χ3v) is 7.74. The van der Waals surface area contributed by atoms with E-state index in [2.05, 4.69) is 34.9 Å². The van der Waals surface area contributed by atoms with Gasteiger partial charge in [-0.2, -0.15) is 4.98 Å². The Morgan fingerprint density at radius 1 is 0.816 bits per heavy atom. The van der Waals surface area contributed by atoms with Crippen LogP contribution in [0, 0.1) is 5.92 Å². The highest BCUT2D eigenvalue weighted by Gasteiger charge is 2.23. The van der Waals surface area contributed by atoms with Crippen LogP contribution in [0.15, 0.2) is 78.9 Å². The van der Waals surface area contributed by atoms with Gasteiger partial charge in [0.05, 0.1) is 11.1 Å². The van der Waals surface area contributed by atoms with Crippen molar-refractivity contribution in [1.29, 1.82) is 0 Å². The van der Waals surface area contributed by atoms with Gasteiger partial charge < -0.3 is 15.5 Å². The number of nitrogens with zero attached hydrogens (tertiary/aromatic N) is 3. The van der Waals surface area contributed by atoms with Crippen molar-refractivity contribution in [3.63, 3.8) is 0 Å². The lowest BCUT2D eigenvalue weighted by Crippen LogP contribution is -2.34. The van der Waals surface area contributed by atoms with Crippen molar-refractivity contribution in [2.45, 2.75) is 31.7 Å².